The van der Waals surface area contributed by atoms with Gasteiger partial charge in [-0.15, -0.1) is 0 Å². The summed E-state index contributed by atoms with van der Waals surface area (Å²) < 4.78 is 25.3. The van der Waals surface area contributed by atoms with Crippen LogP contribution in [0.3, 0.4) is 0 Å². The third-order valence-electron chi connectivity index (χ3n) is 5.66. The Kier molecular flexibility index (Phi) is 18.0. The highest BCUT2D eigenvalue weighted by molar-refractivity contribution is 7.53. The van der Waals surface area contributed by atoms with E-state index < -0.39 is 7.60 Å². The summed E-state index contributed by atoms with van der Waals surface area (Å²) in [4.78, 5) is 0. The van der Waals surface area contributed by atoms with Gasteiger partial charge in [-0.1, -0.05) is 86.0 Å². The normalized spacial score (nSPS) is 17.2. The van der Waals surface area contributed by atoms with Crippen molar-refractivity contribution in [3.63, 3.8) is 0 Å². The Bertz CT molecular complexity index is 368. The molecule has 4 nitrogen and oxygen atoms in total. The quantitative estimate of drug-likeness (QED) is 0.209. The maximum Gasteiger partial charge on any atom is 0.332 e. The van der Waals surface area contributed by atoms with Crippen molar-refractivity contribution in [3.05, 3.63) is 0 Å². The van der Waals surface area contributed by atoms with Crippen LogP contribution in [0, 0.1) is 11.8 Å². The second-order valence-corrected chi connectivity index (χ2v) is 10.8. The van der Waals surface area contributed by atoms with Gasteiger partial charge in [-0.2, -0.15) is 0 Å². The molecule has 0 amide bonds. The average Bonchev–Trinajstić information content (AvgIpc) is 2.67. The number of nitrogens with one attached hydrogen (secondary N) is 1. The molecular formula is C23H50NO3P. The van der Waals surface area contributed by atoms with Crippen LogP contribution in [0.2, 0.25) is 0 Å². The minimum atomic E-state index is -3.06. The molecule has 0 saturated carbocycles. The van der Waals surface area contributed by atoms with Crippen LogP contribution in [0.5, 0.6) is 0 Å². The van der Waals surface area contributed by atoms with E-state index in [9.17, 15) is 4.57 Å². The van der Waals surface area contributed by atoms with Crippen molar-refractivity contribution in [2.45, 2.75) is 111 Å². The largest absolute Gasteiger partial charge is 0.332 e. The van der Waals surface area contributed by atoms with Crippen LogP contribution in [0.15, 0.2) is 0 Å². The summed E-state index contributed by atoms with van der Waals surface area (Å²) in [6, 6.07) is 0.195. The van der Waals surface area contributed by atoms with Gasteiger partial charge in [-0.25, -0.2) is 0 Å². The molecule has 0 rings (SSSR count). The first-order valence-electron chi connectivity index (χ1n) is 12.0. The standard InChI is InChI=1S/C23H50NO3P/c1-7-10-13-21(4)16-18-26-28(25,20-23(24-6)15-12-9-3)27-19-17-22(5)14-11-8-2/h21-24H,7-20H2,1-6H3. The first-order valence-corrected chi connectivity index (χ1v) is 13.7. The molecule has 0 aliphatic rings. The summed E-state index contributed by atoms with van der Waals surface area (Å²) in [7, 11) is -1.11. The zero-order valence-electron chi connectivity index (χ0n) is 19.8. The Hall–Kier alpha value is 0.110. The predicted molar refractivity (Wildman–Crippen MR) is 123 cm³/mol. The highest BCUT2D eigenvalue weighted by Gasteiger charge is 2.29. The van der Waals surface area contributed by atoms with Crippen molar-refractivity contribution in [2.75, 3.05) is 26.4 Å². The van der Waals surface area contributed by atoms with E-state index in [0.717, 1.165) is 32.1 Å². The van der Waals surface area contributed by atoms with Crippen LogP contribution in [0.25, 0.3) is 0 Å². The van der Waals surface area contributed by atoms with E-state index >= 15 is 0 Å². The van der Waals surface area contributed by atoms with E-state index in [-0.39, 0.29) is 6.04 Å². The van der Waals surface area contributed by atoms with Crippen LogP contribution in [0.1, 0.15) is 105 Å². The fourth-order valence-electron chi connectivity index (χ4n) is 3.37. The van der Waals surface area contributed by atoms with Gasteiger partial charge in [0.25, 0.3) is 0 Å². The minimum Gasteiger partial charge on any atom is -0.316 e. The van der Waals surface area contributed by atoms with E-state index in [1.54, 1.807) is 0 Å². The van der Waals surface area contributed by atoms with Crippen LogP contribution in [0.4, 0.5) is 0 Å². The molecule has 0 aliphatic carbocycles. The lowest BCUT2D eigenvalue weighted by Crippen LogP contribution is -2.30. The van der Waals surface area contributed by atoms with Gasteiger partial charge < -0.3 is 14.4 Å². The number of hydrogen-bond donors (Lipinski definition) is 1. The van der Waals surface area contributed by atoms with Crippen LogP contribution in [-0.2, 0) is 13.6 Å². The van der Waals surface area contributed by atoms with Crippen molar-refractivity contribution in [2.24, 2.45) is 11.8 Å². The van der Waals surface area contributed by atoms with Crippen LogP contribution in [-0.4, -0.2) is 32.5 Å². The first kappa shape index (κ1) is 28.1. The Balaban J connectivity index is 4.63. The highest BCUT2D eigenvalue weighted by atomic mass is 31.2. The zero-order valence-corrected chi connectivity index (χ0v) is 20.7. The van der Waals surface area contributed by atoms with Crippen LogP contribution < -0.4 is 5.32 Å². The highest BCUT2D eigenvalue weighted by Crippen LogP contribution is 2.49. The maximum atomic E-state index is 13.5. The molecule has 3 atom stereocenters. The molecule has 0 bridgehead atoms. The smallest absolute Gasteiger partial charge is 0.316 e. The molecule has 0 aromatic carbocycles. The van der Waals surface area contributed by atoms with Gasteiger partial charge in [-0.3, -0.25) is 4.57 Å². The lowest BCUT2D eigenvalue weighted by atomic mass is 10.0. The number of unbranched alkanes of at least 4 members (excludes halogenated alkanes) is 3. The Morgan fingerprint density at radius 1 is 0.750 bits per heavy atom. The van der Waals surface area contributed by atoms with Crippen molar-refractivity contribution in [1.82, 2.24) is 5.32 Å². The van der Waals surface area contributed by atoms with E-state index in [1.807, 2.05) is 7.05 Å². The molecule has 0 saturated heterocycles. The van der Waals surface area contributed by atoms with E-state index in [1.165, 1.54) is 38.5 Å². The molecule has 0 radical (unpaired) electrons. The number of rotatable bonds is 20. The number of hydrogen-bond acceptors (Lipinski definition) is 4. The first-order chi connectivity index (χ1) is 13.4. The van der Waals surface area contributed by atoms with Crippen LogP contribution >= 0.6 is 7.60 Å². The van der Waals surface area contributed by atoms with Crippen molar-refractivity contribution >= 4 is 7.60 Å². The average molecular weight is 420 g/mol. The zero-order chi connectivity index (χ0) is 21.3. The summed E-state index contributed by atoms with van der Waals surface area (Å²) in [6.07, 6.45) is 13.1. The molecule has 0 aromatic rings. The molecule has 170 valence electrons. The summed E-state index contributed by atoms with van der Waals surface area (Å²) in [5, 5.41) is 3.31. The second kappa shape index (κ2) is 17.9. The van der Waals surface area contributed by atoms with Gasteiger partial charge in [0, 0.05) is 6.04 Å². The summed E-state index contributed by atoms with van der Waals surface area (Å²) in [6.45, 7) is 12.2. The van der Waals surface area contributed by atoms with Gasteiger partial charge in [0.1, 0.15) is 0 Å². The molecule has 5 heteroatoms. The lowest BCUT2D eigenvalue weighted by Gasteiger charge is -2.25. The molecule has 0 spiro atoms. The SMILES string of the molecule is CCCCC(C)CCOP(=O)(CC(CCCC)NC)OCCC(C)CCCC. The maximum absolute atomic E-state index is 13.5. The van der Waals surface area contributed by atoms with Crippen molar-refractivity contribution < 1.29 is 13.6 Å². The Morgan fingerprint density at radius 3 is 1.57 bits per heavy atom. The Morgan fingerprint density at radius 2 is 1.18 bits per heavy atom. The predicted octanol–water partition coefficient (Wildman–Crippen LogP) is 7.42. The second-order valence-electron chi connectivity index (χ2n) is 8.66. The fraction of sp³-hybridized carbons (Fsp3) is 1.00. The lowest BCUT2D eigenvalue weighted by molar-refractivity contribution is 0.181. The minimum absolute atomic E-state index is 0.195. The van der Waals surface area contributed by atoms with Crippen molar-refractivity contribution in [3.8, 4) is 0 Å². The summed E-state index contributed by atoms with van der Waals surface area (Å²) in [5.41, 5.74) is 0. The Labute approximate surface area is 176 Å². The molecular weight excluding hydrogens is 369 g/mol. The molecule has 0 aliphatic heterocycles. The molecule has 0 aromatic heterocycles. The summed E-state index contributed by atoms with van der Waals surface area (Å²) >= 11 is 0. The van der Waals surface area contributed by atoms with Gasteiger partial charge >= 0.3 is 7.60 Å². The third-order valence-corrected chi connectivity index (χ3v) is 7.70. The summed E-state index contributed by atoms with van der Waals surface area (Å²) in [5.74, 6) is 1.23. The molecule has 0 fully saturated rings. The van der Waals surface area contributed by atoms with Crippen molar-refractivity contribution in [1.29, 1.82) is 0 Å². The molecule has 3 unspecified atom stereocenters. The van der Waals surface area contributed by atoms with E-state index in [0.29, 0.717) is 31.2 Å². The molecule has 28 heavy (non-hydrogen) atoms. The van der Waals surface area contributed by atoms with E-state index in [4.69, 9.17) is 9.05 Å². The monoisotopic (exact) mass is 419 g/mol. The van der Waals surface area contributed by atoms with Gasteiger partial charge in [0.05, 0.1) is 19.4 Å². The molecule has 1 N–H and O–H groups in total. The fourth-order valence-corrected chi connectivity index (χ4v) is 5.33. The van der Waals surface area contributed by atoms with Gasteiger partial charge in [0.2, 0.25) is 0 Å². The topological polar surface area (TPSA) is 47.6 Å². The third kappa shape index (κ3) is 15.0. The van der Waals surface area contributed by atoms with Gasteiger partial charge in [-0.05, 0) is 38.1 Å². The van der Waals surface area contributed by atoms with E-state index in [2.05, 4.69) is 39.9 Å². The van der Waals surface area contributed by atoms with Gasteiger partial charge in [0.15, 0.2) is 0 Å². The molecule has 0 heterocycles.